The van der Waals surface area contributed by atoms with Gasteiger partial charge < -0.3 is 15.4 Å². The molecule has 2 aromatic carbocycles. The molecular weight excluding hydrogens is 458 g/mol. The number of rotatable bonds is 8. The third kappa shape index (κ3) is 5.45. The van der Waals surface area contributed by atoms with Crippen LogP contribution in [0.25, 0.3) is 0 Å². The number of carbonyl (C=O) groups is 3. The Labute approximate surface area is 198 Å². The van der Waals surface area contributed by atoms with Crippen LogP contribution in [0.1, 0.15) is 41.6 Å². The SMILES string of the molecule is Cc1ccc(S(=O)(=O)N2CCC[C@H]2C(=O)OCC(=O)Nc2ccccc2C(=O)NC2CC2)cc1. The molecule has 2 aliphatic rings. The van der Waals surface area contributed by atoms with Crippen LogP contribution in [0.5, 0.6) is 0 Å². The average Bonchev–Trinajstić information content (AvgIpc) is 3.48. The van der Waals surface area contributed by atoms with Gasteiger partial charge in [-0.2, -0.15) is 4.31 Å². The van der Waals surface area contributed by atoms with Crippen LogP contribution in [-0.4, -0.2) is 55.7 Å². The number of para-hydroxylation sites is 1. The molecule has 4 rings (SSSR count). The quantitative estimate of drug-likeness (QED) is 0.553. The van der Waals surface area contributed by atoms with Gasteiger partial charge in [0.15, 0.2) is 6.61 Å². The highest BCUT2D eigenvalue weighted by Crippen LogP contribution is 2.27. The maximum absolute atomic E-state index is 13.0. The predicted octanol–water partition coefficient (Wildman–Crippen LogP) is 2.22. The molecule has 1 atom stereocenters. The molecule has 0 aromatic heterocycles. The summed E-state index contributed by atoms with van der Waals surface area (Å²) in [6, 6.07) is 12.2. The number of esters is 1. The van der Waals surface area contributed by atoms with Crippen molar-refractivity contribution in [3.05, 3.63) is 59.7 Å². The highest BCUT2D eigenvalue weighted by Gasteiger charge is 2.40. The third-order valence-corrected chi connectivity index (χ3v) is 7.73. The summed E-state index contributed by atoms with van der Waals surface area (Å²) in [5.74, 6) is -1.67. The van der Waals surface area contributed by atoms with Gasteiger partial charge in [-0.15, -0.1) is 0 Å². The summed E-state index contributed by atoms with van der Waals surface area (Å²) in [7, 11) is -3.87. The number of anilines is 1. The molecule has 1 aliphatic heterocycles. The number of hydrogen-bond donors (Lipinski definition) is 2. The van der Waals surface area contributed by atoms with Gasteiger partial charge in [-0.3, -0.25) is 14.4 Å². The van der Waals surface area contributed by atoms with E-state index in [9.17, 15) is 22.8 Å². The second-order valence-corrected chi connectivity index (χ2v) is 10.4. The third-order valence-electron chi connectivity index (χ3n) is 5.81. The summed E-state index contributed by atoms with van der Waals surface area (Å²) in [6.45, 7) is 1.47. The molecule has 0 spiro atoms. The Morgan fingerprint density at radius 2 is 1.74 bits per heavy atom. The van der Waals surface area contributed by atoms with Crippen molar-refractivity contribution in [2.24, 2.45) is 0 Å². The summed E-state index contributed by atoms with van der Waals surface area (Å²) in [5, 5.41) is 5.46. The molecule has 2 aromatic rings. The normalized spacial score (nSPS) is 18.3. The van der Waals surface area contributed by atoms with Gasteiger partial charge >= 0.3 is 5.97 Å². The first-order valence-electron chi connectivity index (χ1n) is 11.2. The van der Waals surface area contributed by atoms with Gasteiger partial charge in [-0.25, -0.2) is 8.42 Å². The summed E-state index contributed by atoms with van der Waals surface area (Å²) in [6.07, 6.45) is 2.71. The summed E-state index contributed by atoms with van der Waals surface area (Å²) in [5.41, 5.74) is 1.56. The number of nitrogens with zero attached hydrogens (tertiary/aromatic N) is 1. The number of ether oxygens (including phenoxy) is 1. The first-order chi connectivity index (χ1) is 16.3. The molecule has 0 unspecified atom stereocenters. The van der Waals surface area contributed by atoms with Gasteiger partial charge in [0.2, 0.25) is 10.0 Å². The minimum atomic E-state index is -3.87. The van der Waals surface area contributed by atoms with Crippen LogP contribution in [0.3, 0.4) is 0 Å². The van der Waals surface area contributed by atoms with Crippen LogP contribution in [0, 0.1) is 6.92 Å². The Morgan fingerprint density at radius 3 is 2.44 bits per heavy atom. The van der Waals surface area contributed by atoms with Gasteiger partial charge in [-0.1, -0.05) is 29.8 Å². The van der Waals surface area contributed by atoms with Crippen molar-refractivity contribution >= 4 is 33.5 Å². The smallest absolute Gasteiger partial charge is 0.324 e. The predicted molar refractivity (Wildman–Crippen MR) is 125 cm³/mol. The maximum atomic E-state index is 13.0. The lowest BCUT2D eigenvalue weighted by molar-refractivity contribution is -0.150. The molecular formula is C24H27N3O6S. The van der Waals surface area contributed by atoms with E-state index in [0.717, 1.165) is 22.7 Å². The van der Waals surface area contributed by atoms with Crippen molar-refractivity contribution in [2.45, 2.75) is 49.6 Å². The number of benzene rings is 2. The van der Waals surface area contributed by atoms with E-state index in [1.165, 1.54) is 12.1 Å². The molecule has 0 bridgehead atoms. The van der Waals surface area contributed by atoms with Crippen LogP contribution >= 0.6 is 0 Å². The fourth-order valence-electron chi connectivity index (χ4n) is 3.81. The molecule has 180 valence electrons. The van der Waals surface area contributed by atoms with Gasteiger partial charge in [0.25, 0.3) is 11.8 Å². The van der Waals surface area contributed by atoms with Crippen molar-refractivity contribution in [3.8, 4) is 0 Å². The van der Waals surface area contributed by atoms with Crippen LogP contribution in [0.15, 0.2) is 53.4 Å². The molecule has 2 N–H and O–H groups in total. The Bertz CT molecular complexity index is 1190. The van der Waals surface area contributed by atoms with E-state index in [0.29, 0.717) is 24.1 Å². The molecule has 10 heteroatoms. The van der Waals surface area contributed by atoms with Crippen molar-refractivity contribution in [1.29, 1.82) is 0 Å². The summed E-state index contributed by atoms with van der Waals surface area (Å²) < 4.78 is 32.3. The topological polar surface area (TPSA) is 122 Å². The maximum Gasteiger partial charge on any atom is 0.324 e. The lowest BCUT2D eigenvalue weighted by atomic mass is 10.1. The van der Waals surface area contributed by atoms with E-state index in [-0.39, 0.29) is 23.4 Å². The molecule has 2 fully saturated rings. The largest absolute Gasteiger partial charge is 0.454 e. The Hall–Kier alpha value is -3.24. The monoisotopic (exact) mass is 485 g/mol. The number of aryl methyl sites for hydroxylation is 1. The number of carbonyl (C=O) groups excluding carboxylic acids is 3. The zero-order valence-electron chi connectivity index (χ0n) is 18.8. The van der Waals surface area contributed by atoms with Crippen molar-refractivity contribution < 1.29 is 27.5 Å². The van der Waals surface area contributed by atoms with E-state index in [1.54, 1.807) is 36.4 Å². The zero-order valence-corrected chi connectivity index (χ0v) is 19.6. The molecule has 1 saturated carbocycles. The van der Waals surface area contributed by atoms with Crippen molar-refractivity contribution in [3.63, 3.8) is 0 Å². The number of amides is 2. The molecule has 2 amide bonds. The van der Waals surface area contributed by atoms with Crippen molar-refractivity contribution in [2.75, 3.05) is 18.5 Å². The highest BCUT2D eigenvalue weighted by molar-refractivity contribution is 7.89. The van der Waals surface area contributed by atoms with E-state index in [1.807, 2.05) is 6.92 Å². The lowest BCUT2D eigenvalue weighted by Gasteiger charge is -2.22. The van der Waals surface area contributed by atoms with E-state index in [4.69, 9.17) is 4.74 Å². The Balaban J connectivity index is 1.36. The van der Waals surface area contributed by atoms with Gasteiger partial charge in [0.05, 0.1) is 16.1 Å². The second-order valence-electron chi connectivity index (χ2n) is 8.54. The van der Waals surface area contributed by atoms with Gasteiger partial charge in [-0.05, 0) is 56.9 Å². The molecule has 1 aliphatic carbocycles. The fraction of sp³-hybridized carbons (Fsp3) is 0.375. The molecule has 1 heterocycles. The highest BCUT2D eigenvalue weighted by atomic mass is 32.2. The standard InChI is InChI=1S/C24H27N3O6S/c1-16-8-12-18(13-9-16)34(31,32)27-14-4-7-21(27)24(30)33-15-22(28)26-20-6-3-2-5-19(20)23(29)25-17-10-11-17/h2-3,5-6,8-9,12-13,17,21H,4,7,10-11,14-15H2,1H3,(H,25,29)(H,26,28)/t21-/m0/s1. The van der Waals surface area contributed by atoms with Crippen molar-refractivity contribution in [1.82, 2.24) is 9.62 Å². The average molecular weight is 486 g/mol. The van der Waals surface area contributed by atoms with E-state index < -0.39 is 34.5 Å². The minimum absolute atomic E-state index is 0.108. The van der Waals surface area contributed by atoms with E-state index in [2.05, 4.69) is 10.6 Å². The molecule has 1 saturated heterocycles. The fourth-order valence-corrected chi connectivity index (χ4v) is 5.46. The van der Waals surface area contributed by atoms with Crippen LogP contribution < -0.4 is 10.6 Å². The number of nitrogens with one attached hydrogen (secondary N) is 2. The Kier molecular flexibility index (Phi) is 6.99. The van der Waals surface area contributed by atoms with E-state index >= 15 is 0 Å². The summed E-state index contributed by atoms with van der Waals surface area (Å²) >= 11 is 0. The Morgan fingerprint density at radius 1 is 1.03 bits per heavy atom. The van der Waals surface area contributed by atoms with Gasteiger partial charge in [0, 0.05) is 12.6 Å². The van der Waals surface area contributed by atoms with Crippen LogP contribution in [-0.2, 0) is 24.3 Å². The number of sulfonamides is 1. The van der Waals surface area contributed by atoms with Gasteiger partial charge in [0.1, 0.15) is 6.04 Å². The van der Waals surface area contributed by atoms with Crippen LogP contribution in [0.2, 0.25) is 0 Å². The lowest BCUT2D eigenvalue weighted by Crippen LogP contribution is -2.42. The molecule has 0 radical (unpaired) electrons. The number of hydrogen-bond acceptors (Lipinski definition) is 6. The minimum Gasteiger partial charge on any atom is -0.454 e. The first kappa shape index (κ1) is 23.9. The molecule has 9 nitrogen and oxygen atoms in total. The van der Waals surface area contributed by atoms with Crippen LogP contribution in [0.4, 0.5) is 5.69 Å². The zero-order chi connectivity index (χ0) is 24.3. The second kappa shape index (κ2) is 9.94. The first-order valence-corrected chi connectivity index (χ1v) is 12.6. The summed E-state index contributed by atoms with van der Waals surface area (Å²) in [4.78, 5) is 37.6. The molecule has 34 heavy (non-hydrogen) atoms.